The molecule has 1 aliphatic rings. The lowest BCUT2D eigenvalue weighted by Gasteiger charge is -2.25. The van der Waals surface area contributed by atoms with E-state index in [1.165, 1.54) is 0 Å². The van der Waals surface area contributed by atoms with Crippen molar-refractivity contribution in [3.05, 3.63) is 0 Å². The number of nitrogens with one attached hydrogen (secondary N) is 1. The number of carbonyl (C=O) groups excluding carboxylic acids is 1. The summed E-state index contributed by atoms with van der Waals surface area (Å²) in [7, 11) is -6.27. The van der Waals surface area contributed by atoms with Gasteiger partial charge in [0.2, 0.25) is 15.9 Å². The van der Waals surface area contributed by atoms with Gasteiger partial charge in [0.15, 0.2) is 0 Å². The minimum absolute atomic E-state index is 0.0730. The summed E-state index contributed by atoms with van der Waals surface area (Å²) in [6, 6.07) is 0. The van der Waals surface area contributed by atoms with Crippen LogP contribution in [-0.2, 0) is 24.7 Å². The van der Waals surface area contributed by atoms with Crippen LogP contribution in [0.2, 0.25) is 0 Å². The molecule has 9 heteroatoms. The molecule has 1 amide bonds. The second-order valence-electron chi connectivity index (χ2n) is 5.71. The fraction of sp³-hybridized carbons (Fsp3) is 0.923. The van der Waals surface area contributed by atoms with E-state index in [0.717, 1.165) is 25.5 Å². The van der Waals surface area contributed by atoms with Gasteiger partial charge in [-0.1, -0.05) is 6.42 Å². The number of carbonyl (C=O) groups is 1. The fourth-order valence-corrected chi connectivity index (χ4v) is 4.42. The zero-order chi connectivity index (χ0) is 16.6. The van der Waals surface area contributed by atoms with Gasteiger partial charge < -0.3 is 5.32 Å². The molecule has 22 heavy (non-hydrogen) atoms. The van der Waals surface area contributed by atoms with Gasteiger partial charge in [-0.3, -0.25) is 4.79 Å². The number of rotatable bonds is 9. The van der Waals surface area contributed by atoms with Crippen LogP contribution in [0.1, 0.15) is 38.5 Å². The monoisotopic (exact) mass is 354 g/mol. The highest BCUT2D eigenvalue weighted by Crippen LogP contribution is 2.14. The first-order valence-electron chi connectivity index (χ1n) is 7.63. The number of sulfonamides is 1. The SMILES string of the molecule is CS(=O)(=O)CCNC(=O)CCCCS(=O)(=O)N1CCCCC1. The van der Waals surface area contributed by atoms with Gasteiger partial charge in [-0.15, -0.1) is 0 Å². The predicted molar refractivity (Wildman–Crippen MR) is 85.8 cm³/mol. The van der Waals surface area contributed by atoms with E-state index in [-0.39, 0.29) is 30.4 Å². The van der Waals surface area contributed by atoms with E-state index in [2.05, 4.69) is 5.32 Å². The Morgan fingerprint density at radius 2 is 1.64 bits per heavy atom. The van der Waals surface area contributed by atoms with Crippen LogP contribution in [-0.4, -0.2) is 64.4 Å². The summed E-state index contributed by atoms with van der Waals surface area (Å²) < 4.78 is 47.5. The summed E-state index contributed by atoms with van der Waals surface area (Å²) in [5, 5.41) is 2.52. The van der Waals surface area contributed by atoms with Crippen LogP contribution in [0, 0.1) is 0 Å². The molecule has 0 aromatic carbocycles. The van der Waals surface area contributed by atoms with E-state index in [4.69, 9.17) is 0 Å². The quantitative estimate of drug-likeness (QED) is 0.593. The van der Waals surface area contributed by atoms with E-state index in [0.29, 0.717) is 25.9 Å². The summed E-state index contributed by atoms with van der Waals surface area (Å²) in [5.74, 6) is -0.245. The molecule has 0 aliphatic carbocycles. The van der Waals surface area contributed by atoms with Crippen LogP contribution in [0.5, 0.6) is 0 Å². The Hall–Kier alpha value is -0.670. The first kappa shape index (κ1) is 19.4. The molecule has 7 nitrogen and oxygen atoms in total. The first-order chi connectivity index (χ1) is 10.2. The van der Waals surface area contributed by atoms with E-state index >= 15 is 0 Å². The number of nitrogens with zero attached hydrogens (tertiary/aromatic N) is 1. The molecule has 130 valence electrons. The summed E-state index contributed by atoms with van der Waals surface area (Å²) >= 11 is 0. The number of hydrogen-bond donors (Lipinski definition) is 1. The Labute approximate surface area is 133 Å². The van der Waals surface area contributed by atoms with Gasteiger partial charge in [-0.25, -0.2) is 21.1 Å². The van der Waals surface area contributed by atoms with Crippen molar-refractivity contribution in [3.63, 3.8) is 0 Å². The molecule has 0 bridgehead atoms. The van der Waals surface area contributed by atoms with E-state index < -0.39 is 19.9 Å². The van der Waals surface area contributed by atoms with Crippen molar-refractivity contribution < 1.29 is 21.6 Å². The third-order valence-corrected chi connectivity index (χ3v) is 6.46. The first-order valence-corrected chi connectivity index (χ1v) is 11.3. The fourth-order valence-electron chi connectivity index (χ4n) is 2.31. The summed E-state index contributed by atoms with van der Waals surface area (Å²) in [5.41, 5.74) is 0. The molecule has 1 saturated heterocycles. The molecule has 1 rings (SSSR count). The van der Waals surface area contributed by atoms with Gasteiger partial charge in [0, 0.05) is 32.3 Å². The lowest BCUT2D eigenvalue weighted by molar-refractivity contribution is -0.121. The molecule has 0 radical (unpaired) electrons. The standard InChI is InChI=1S/C13H26N2O5S2/c1-21(17,18)12-8-14-13(16)7-3-6-11-22(19,20)15-9-4-2-5-10-15/h2-12H2,1H3,(H,14,16). The van der Waals surface area contributed by atoms with Crippen molar-refractivity contribution in [1.82, 2.24) is 9.62 Å². The van der Waals surface area contributed by atoms with Crippen molar-refractivity contribution in [2.75, 3.05) is 37.4 Å². The van der Waals surface area contributed by atoms with E-state index in [9.17, 15) is 21.6 Å². The van der Waals surface area contributed by atoms with Gasteiger partial charge in [0.25, 0.3) is 0 Å². The van der Waals surface area contributed by atoms with Gasteiger partial charge >= 0.3 is 0 Å². The van der Waals surface area contributed by atoms with Crippen LogP contribution in [0.15, 0.2) is 0 Å². The third-order valence-electron chi connectivity index (χ3n) is 3.56. The molecule has 0 atom stereocenters. The minimum atomic E-state index is -3.20. The molecule has 0 aromatic heterocycles. The molecule has 0 spiro atoms. The van der Waals surface area contributed by atoms with Crippen LogP contribution >= 0.6 is 0 Å². The molecule has 1 heterocycles. The second kappa shape index (κ2) is 8.83. The van der Waals surface area contributed by atoms with Crippen molar-refractivity contribution in [3.8, 4) is 0 Å². The lowest BCUT2D eigenvalue weighted by Crippen LogP contribution is -2.37. The molecule has 0 aromatic rings. The van der Waals surface area contributed by atoms with E-state index in [1.54, 1.807) is 4.31 Å². The van der Waals surface area contributed by atoms with Crippen molar-refractivity contribution in [1.29, 1.82) is 0 Å². The largest absolute Gasteiger partial charge is 0.355 e. The van der Waals surface area contributed by atoms with Gasteiger partial charge in [0.05, 0.1) is 11.5 Å². The molecule has 0 saturated carbocycles. The maximum Gasteiger partial charge on any atom is 0.220 e. The topological polar surface area (TPSA) is 101 Å². The second-order valence-corrected chi connectivity index (χ2v) is 10.1. The molecule has 1 fully saturated rings. The normalized spacial score (nSPS) is 17.3. The van der Waals surface area contributed by atoms with Crippen LogP contribution in [0.4, 0.5) is 0 Å². The summed E-state index contributed by atoms with van der Waals surface area (Å²) in [6.45, 7) is 1.31. The highest BCUT2D eigenvalue weighted by molar-refractivity contribution is 7.90. The summed E-state index contributed by atoms with van der Waals surface area (Å²) in [6.07, 6.45) is 5.18. The number of hydrogen-bond acceptors (Lipinski definition) is 5. The summed E-state index contributed by atoms with van der Waals surface area (Å²) in [4.78, 5) is 11.5. The molecular formula is C13H26N2O5S2. The number of amides is 1. The zero-order valence-electron chi connectivity index (χ0n) is 13.1. The number of sulfone groups is 1. The molecule has 1 aliphatic heterocycles. The number of unbranched alkanes of at least 4 members (excludes halogenated alkanes) is 1. The Bertz CT molecular complexity index is 551. The maximum absolute atomic E-state index is 12.1. The van der Waals surface area contributed by atoms with Crippen molar-refractivity contribution in [2.45, 2.75) is 38.5 Å². The molecule has 0 unspecified atom stereocenters. The zero-order valence-corrected chi connectivity index (χ0v) is 14.7. The van der Waals surface area contributed by atoms with Gasteiger partial charge in [-0.05, 0) is 25.7 Å². The lowest BCUT2D eigenvalue weighted by atomic mass is 10.2. The maximum atomic E-state index is 12.1. The number of piperidine rings is 1. The van der Waals surface area contributed by atoms with E-state index in [1.807, 2.05) is 0 Å². The highest BCUT2D eigenvalue weighted by Gasteiger charge is 2.23. The molecule has 1 N–H and O–H groups in total. The highest BCUT2D eigenvalue weighted by atomic mass is 32.2. The van der Waals surface area contributed by atoms with Crippen molar-refractivity contribution in [2.24, 2.45) is 0 Å². The Balaban J connectivity index is 2.17. The average molecular weight is 354 g/mol. The van der Waals surface area contributed by atoms with Crippen LogP contribution in [0.25, 0.3) is 0 Å². The average Bonchev–Trinajstić information content (AvgIpc) is 2.43. The van der Waals surface area contributed by atoms with Crippen LogP contribution in [0.3, 0.4) is 0 Å². The minimum Gasteiger partial charge on any atom is -0.355 e. The Morgan fingerprint density at radius 1 is 1.00 bits per heavy atom. The van der Waals surface area contributed by atoms with Gasteiger partial charge in [-0.2, -0.15) is 0 Å². The van der Waals surface area contributed by atoms with Gasteiger partial charge in [0.1, 0.15) is 9.84 Å². The smallest absolute Gasteiger partial charge is 0.220 e. The Morgan fingerprint density at radius 3 is 2.23 bits per heavy atom. The van der Waals surface area contributed by atoms with Crippen LogP contribution < -0.4 is 5.32 Å². The molecular weight excluding hydrogens is 328 g/mol. The third kappa shape index (κ3) is 8.09. The van der Waals surface area contributed by atoms with Crippen molar-refractivity contribution >= 4 is 25.8 Å². The predicted octanol–water partition coefficient (Wildman–Crippen LogP) is 0.133. The Kier molecular flexibility index (Phi) is 7.78.